The first-order chi connectivity index (χ1) is 10.2. The maximum Gasteiger partial charge on any atom is 0.233 e. The van der Waals surface area contributed by atoms with E-state index in [9.17, 15) is 4.79 Å². The number of benzene rings is 2. The first-order valence-corrected chi connectivity index (χ1v) is 7.78. The van der Waals surface area contributed by atoms with Crippen molar-refractivity contribution >= 4 is 18.5 Å². The zero-order chi connectivity index (χ0) is 15.1. The van der Waals surface area contributed by atoms with Gasteiger partial charge in [-0.05, 0) is 29.5 Å². The Morgan fingerprint density at radius 3 is 2.33 bits per heavy atom. The number of aryl methyl sites for hydroxylation is 1. The van der Waals surface area contributed by atoms with Crippen LogP contribution in [0.1, 0.15) is 23.6 Å². The molecule has 0 spiro atoms. The number of thiol groups is 1. The predicted molar refractivity (Wildman–Crippen MR) is 90.6 cm³/mol. The first kappa shape index (κ1) is 15.6. The Bertz CT molecular complexity index is 583. The molecule has 1 unspecified atom stereocenters. The molecule has 2 nitrogen and oxygen atoms in total. The molecule has 1 amide bonds. The minimum absolute atomic E-state index is 0.0203. The summed E-state index contributed by atoms with van der Waals surface area (Å²) in [6, 6.07) is 18.2. The van der Waals surface area contributed by atoms with Gasteiger partial charge in [-0.2, -0.15) is 12.6 Å². The van der Waals surface area contributed by atoms with Gasteiger partial charge in [0.1, 0.15) is 0 Å². The van der Waals surface area contributed by atoms with E-state index in [-0.39, 0.29) is 11.2 Å². The third kappa shape index (κ3) is 4.64. The van der Waals surface area contributed by atoms with Gasteiger partial charge in [-0.15, -0.1) is 0 Å². The molecule has 0 bridgehead atoms. The summed E-state index contributed by atoms with van der Waals surface area (Å²) in [4.78, 5) is 12.1. The van der Waals surface area contributed by atoms with Crippen molar-refractivity contribution in [3.8, 4) is 0 Å². The molecule has 2 rings (SSSR count). The highest BCUT2D eigenvalue weighted by Crippen LogP contribution is 2.11. The van der Waals surface area contributed by atoms with Crippen LogP contribution in [0.4, 0.5) is 0 Å². The van der Waals surface area contributed by atoms with Crippen LogP contribution in [0.25, 0.3) is 0 Å². The highest BCUT2D eigenvalue weighted by Gasteiger charge is 2.14. The summed E-state index contributed by atoms with van der Waals surface area (Å²) in [6.07, 6.45) is 1.62. The van der Waals surface area contributed by atoms with Gasteiger partial charge in [0.15, 0.2) is 0 Å². The molecule has 0 saturated carbocycles. The average molecular weight is 299 g/mol. The molecule has 1 atom stereocenters. The van der Waals surface area contributed by atoms with Gasteiger partial charge < -0.3 is 5.32 Å². The molecule has 2 aromatic carbocycles. The lowest BCUT2D eigenvalue weighted by atomic mass is 10.1. The number of carbonyl (C=O) groups excluding carboxylic acids is 1. The van der Waals surface area contributed by atoms with Crippen molar-refractivity contribution in [3.63, 3.8) is 0 Å². The van der Waals surface area contributed by atoms with E-state index in [2.05, 4.69) is 37.0 Å². The number of nitrogens with one attached hydrogen (secondary N) is 1. The molecule has 0 aromatic heterocycles. The highest BCUT2D eigenvalue weighted by molar-refractivity contribution is 7.81. The summed E-state index contributed by atoms with van der Waals surface area (Å²) in [5.41, 5.74) is 3.58. The summed E-state index contributed by atoms with van der Waals surface area (Å²) < 4.78 is 0. The van der Waals surface area contributed by atoms with Crippen molar-refractivity contribution < 1.29 is 4.79 Å². The summed E-state index contributed by atoms with van der Waals surface area (Å²) in [6.45, 7) is 2.69. The fourth-order valence-corrected chi connectivity index (χ4v) is 2.61. The smallest absolute Gasteiger partial charge is 0.233 e. The zero-order valence-corrected chi connectivity index (χ0v) is 13.1. The molecule has 0 saturated heterocycles. The van der Waals surface area contributed by atoms with Crippen molar-refractivity contribution in [1.29, 1.82) is 0 Å². The van der Waals surface area contributed by atoms with E-state index < -0.39 is 0 Å². The summed E-state index contributed by atoms with van der Waals surface area (Å²) in [5, 5.41) is 2.66. The topological polar surface area (TPSA) is 29.1 Å². The van der Waals surface area contributed by atoms with Crippen molar-refractivity contribution in [2.24, 2.45) is 0 Å². The van der Waals surface area contributed by atoms with E-state index in [4.69, 9.17) is 0 Å². The van der Waals surface area contributed by atoms with Crippen molar-refractivity contribution in [2.45, 2.75) is 31.6 Å². The molecular weight excluding hydrogens is 278 g/mol. The van der Waals surface area contributed by atoms with Gasteiger partial charge in [0.25, 0.3) is 0 Å². The van der Waals surface area contributed by atoms with Gasteiger partial charge in [-0.3, -0.25) is 4.79 Å². The lowest BCUT2D eigenvalue weighted by molar-refractivity contribution is -0.120. The van der Waals surface area contributed by atoms with Gasteiger partial charge in [-0.1, -0.05) is 61.5 Å². The molecule has 1 N–H and O–H groups in total. The molecule has 2 aromatic rings. The molecule has 0 radical (unpaired) electrons. The number of amides is 1. The molecule has 0 aliphatic carbocycles. The quantitative estimate of drug-likeness (QED) is 0.786. The minimum atomic E-state index is -0.318. The van der Waals surface area contributed by atoms with Crippen LogP contribution in [-0.4, -0.2) is 11.2 Å². The van der Waals surface area contributed by atoms with E-state index in [0.29, 0.717) is 13.0 Å². The van der Waals surface area contributed by atoms with Crippen LogP contribution in [0.3, 0.4) is 0 Å². The van der Waals surface area contributed by atoms with Gasteiger partial charge in [0.2, 0.25) is 5.91 Å². The van der Waals surface area contributed by atoms with Crippen LogP contribution < -0.4 is 5.32 Å². The van der Waals surface area contributed by atoms with E-state index in [1.54, 1.807) is 0 Å². The third-order valence-electron chi connectivity index (χ3n) is 3.53. The van der Waals surface area contributed by atoms with Crippen LogP contribution in [-0.2, 0) is 24.2 Å². The largest absolute Gasteiger partial charge is 0.351 e. The Balaban J connectivity index is 1.89. The molecule has 21 heavy (non-hydrogen) atoms. The van der Waals surface area contributed by atoms with E-state index in [1.165, 1.54) is 11.1 Å². The van der Waals surface area contributed by atoms with Crippen molar-refractivity contribution in [1.82, 2.24) is 5.32 Å². The number of hydrogen-bond donors (Lipinski definition) is 2. The van der Waals surface area contributed by atoms with Crippen LogP contribution >= 0.6 is 12.6 Å². The lowest BCUT2D eigenvalue weighted by Gasteiger charge is -2.13. The minimum Gasteiger partial charge on any atom is -0.351 e. The van der Waals surface area contributed by atoms with Gasteiger partial charge >= 0.3 is 0 Å². The Hall–Kier alpha value is -1.74. The number of carbonyl (C=O) groups is 1. The molecule has 110 valence electrons. The fourth-order valence-electron chi connectivity index (χ4n) is 2.31. The van der Waals surface area contributed by atoms with Crippen LogP contribution in [0.5, 0.6) is 0 Å². The van der Waals surface area contributed by atoms with E-state index in [1.807, 2.05) is 42.5 Å². The summed E-state index contributed by atoms with van der Waals surface area (Å²) >= 11 is 4.42. The van der Waals surface area contributed by atoms with Gasteiger partial charge in [0.05, 0.1) is 5.25 Å². The monoisotopic (exact) mass is 299 g/mol. The van der Waals surface area contributed by atoms with E-state index >= 15 is 0 Å². The van der Waals surface area contributed by atoms with Crippen LogP contribution in [0, 0.1) is 0 Å². The number of rotatable bonds is 6. The van der Waals surface area contributed by atoms with Crippen molar-refractivity contribution in [2.75, 3.05) is 0 Å². The third-order valence-corrected chi connectivity index (χ3v) is 3.94. The number of hydrogen-bond acceptors (Lipinski definition) is 2. The molecule has 0 fully saturated rings. The van der Waals surface area contributed by atoms with Crippen molar-refractivity contribution in [3.05, 3.63) is 71.3 Å². The van der Waals surface area contributed by atoms with Gasteiger partial charge in [-0.25, -0.2) is 0 Å². The standard InChI is InChI=1S/C18H21NOS/c1-2-15-10-6-7-11-16(15)13-19-18(20)17(21)12-14-8-4-3-5-9-14/h3-11,17,21H,2,12-13H2,1H3,(H,19,20). The van der Waals surface area contributed by atoms with Gasteiger partial charge in [0, 0.05) is 6.54 Å². The molecule has 0 aliphatic heterocycles. The Kier molecular flexibility index (Phi) is 5.88. The normalized spacial score (nSPS) is 11.9. The molecule has 0 heterocycles. The second-order valence-corrected chi connectivity index (χ2v) is 5.67. The Morgan fingerprint density at radius 2 is 1.67 bits per heavy atom. The lowest BCUT2D eigenvalue weighted by Crippen LogP contribution is -2.32. The molecule has 0 aliphatic rings. The molecule has 3 heteroatoms. The summed E-state index contributed by atoms with van der Waals surface area (Å²) in [7, 11) is 0. The summed E-state index contributed by atoms with van der Waals surface area (Å²) in [5.74, 6) is -0.0203. The highest BCUT2D eigenvalue weighted by atomic mass is 32.1. The average Bonchev–Trinajstić information content (AvgIpc) is 2.53. The SMILES string of the molecule is CCc1ccccc1CNC(=O)C(S)Cc1ccccc1. The fraction of sp³-hybridized carbons (Fsp3) is 0.278. The van der Waals surface area contributed by atoms with Crippen LogP contribution in [0.15, 0.2) is 54.6 Å². The first-order valence-electron chi connectivity index (χ1n) is 7.27. The Labute approximate surface area is 132 Å². The second-order valence-electron chi connectivity index (χ2n) is 5.05. The second kappa shape index (κ2) is 7.89. The Morgan fingerprint density at radius 1 is 1.05 bits per heavy atom. The van der Waals surface area contributed by atoms with Crippen LogP contribution in [0.2, 0.25) is 0 Å². The zero-order valence-electron chi connectivity index (χ0n) is 12.3. The maximum atomic E-state index is 12.1. The predicted octanol–water partition coefficient (Wildman–Crippen LogP) is 3.41. The van der Waals surface area contributed by atoms with E-state index in [0.717, 1.165) is 12.0 Å². The molecular formula is C18H21NOS. The maximum absolute atomic E-state index is 12.1.